The third-order valence-electron chi connectivity index (χ3n) is 4.56. The Morgan fingerprint density at radius 2 is 1.79 bits per heavy atom. The molecule has 2 fully saturated rings. The van der Waals surface area contributed by atoms with E-state index in [1.807, 2.05) is 20.8 Å². The fraction of sp³-hybridized carbons (Fsp3) is 0.882. The molecule has 2 N–H and O–H groups in total. The number of ether oxygens (including phenoxy) is 1. The fourth-order valence-corrected chi connectivity index (χ4v) is 3.21. The summed E-state index contributed by atoms with van der Waals surface area (Å²) >= 11 is 0. The molecular weight excluding hydrogens is 308 g/mol. The predicted molar refractivity (Wildman–Crippen MR) is 93.0 cm³/mol. The molecule has 0 spiro atoms. The summed E-state index contributed by atoms with van der Waals surface area (Å²) in [5, 5.41) is 5.95. The van der Waals surface area contributed by atoms with Crippen molar-refractivity contribution < 1.29 is 14.3 Å². The molecule has 2 heterocycles. The summed E-state index contributed by atoms with van der Waals surface area (Å²) in [5.74, 6) is 0. The van der Waals surface area contributed by atoms with Crippen molar-refractivity contribution in [3.63, 3.8) is 0 Å². The minimum Gasteiger partial charge on any atom is -0.444 e. The van der Waals surface area contributed by atoms with Gasteiger partial charge in [0, 0.05) is 19.1 Å². The second kappa shape index (κ2) is 8.05. The number of rotatable bonds is 3. The maximum Gasteiger partial charge on any atom is 0.410 e. The number of hydrogen-bond donors (Lipinski definition) is 2. The van der Waals surface area contributed by atoms with Gasteiger partial charge in [0.2, 0.25) is 0 Å². The summed E-state index contributed by atoms with van der Waals surface area (Å²) < 4.78 is 5.44. The molecule has 0 aromatic rings. The highest BCUT2D eigenvalue weighted by Gasteiger charge is 2.32. The van der Waals surface area contributed by atoms with Crippen LogP contribution in [0.3, 0.4) is 0 Å². The van der Waals surface area contributed by atoms with E-state index in [0.29, 0.717) is 13.1 Å². The first kappa shape index (κ1) is 18.8. The monoisotopic (exact) mass is 340 g/mol. The first-order chi connectivity index (χ1) is 11.2. The smallest absolute Gasteiger partial charge is 0.410 e. The number of hydrogen-bond acceptors (Lipinski definition) is 4. The number of piperidine rings is 1. The highest BCUT2D eigenvalue weighted by atomic mass is 16.6. The normalized spacial score (nSPS) is 23.2. The van der Waals surface area contributed by atoms with Gasteiger partial charge in [-0.3, -0.25) is 0 Å². The van der Waals surface area contributed by atoms with Crippen LogP contribution in [-0.4, -0.2) is 72.8 Å². The van der Waals surface area contributed by atoms with Crippen LogP contribution in [0.15, 0.2) is 0 Å². The van der Waals surface area contributed by atoms with Gasteiger partial charge in [-0.25, -0.2) is 9.59 Å². The van der Waals surface area contributed by atoms with Crippen LogP contribution in [0.25, 0.3) is 0 Å². The SMILES string of the molecule is CN1CCC(NC(=O)NCC2CCCN2C(=O)OC(C)(C)C)CC1. The van der Waals surface area contributed by atoms with E-state index in [1.165, 1.54) is 0 Å². The topological polar surface area (TPSA) is 73.9 Å². The molecule has 0 radical (unpaired) electrons. The molecule has 2 saturated heterocycles. The Morgan fingerprint density at radius 1 is 1.12 bits per heavy atom. The van der Waals surface area contributed by atoms with Gasteiger partial charge >= 0.3 is 12.1 Å². The fourth-order valence-electron chi connectivity index (χ4n) is 3.21. The molecule has 7 nitrogen and oxygen atoms in total. The molecule has 1 atom stereocenters. The van der Waals surface area contributed by atoms with Gasteiger partial charge in [0.05, 0.1) is 6.04 Å². The van der Waals surface area contributed by atoms with Gasteiger partial charge in [0.25, 0.3) is 0 Å². The van der Waals surface area contributed by atoms with E-state index in [0.717, 1.165) is 38.8 Å². The molecule has 138 valence electrons. The zero-order valence-electron chi connectivity index (χ0n) is 15.4. The predicted octanol–water partition coefficient (Wildman–Crippen LogP) is 1.78. The van der Waals surface area contributed by atoms with Gasteiger partial charge < -0.3 is 25.2 Å². The van der Waals surface area contributed by atoms with E-state index in [4.69, 9.17) is 4.74 Å². The first-order valence-corrected chi connectivity index (χ1v) is 8.97. The number of urea groups is 1. The van der Waals surface area contributed by atoms with Crippen LogP contribution in [0.4, 0.5) is 9.59 Å². The van der Waals surface area contributed by atoms with Gasteiger partial charge in [0.1, 0.15) is 5.60 Å². The average molecular weight is 340 g/mol. The molecule has 7 heteroatoms. The maximum atomic E-state index is 12.2. The second-order valence-corrected chi connectivity index (χ2v) is 7.90. The van der Waals surface area contributed by atoms with Crippen LogP contribution in [0.5, 0.6) is 0 Å². The molecule has 0 aromatic heterocycles. The van der Waals surface area contributed by atoms with Crippen molar-refractivity contribution >= 4 is 12.1 Å². The van der Waals surface area contributed by atoms with Crippen molar-refractivity contribution in [3.8, 4) is 0 Å². The molecule has 2 rings (SSSR count). The number of carbonyl (C=O) groups excluding carboxylic acids is 2. The minimum atomic E-state index is -0.497. The van der Waals surface area contributed by atoms with Crippen molar-refractivity contribution in [2.45, 2.75) is 64.1 Å². The van der Waals surface area contributed by atoms with Crippen LogP contribution in [0.1, 0.15) is 46.5 Å². The quantitative estimate of drug-likeness (QED) is 0.821. The Hall–Kier alpha value is -1.50. The van der Waals surface area contributed by atoms with Gasteiger partial charge in [0.15, 0.2) is 0 Å². The molecule has 2 aliphatic rings. The summed E-state index contributed by atoms with van der Waals surface area (Å²) in [5.41, 5.74) is -0.497. The molecule has 3 amide bonds. The van der Waals surface area contributed by atoms with E-state index in [1.54, 1.807) is 4.90 Å². The van der Waals surface area contributed by atoms with Crippen molar-refractivity contribution in [2.24, 2.45) is 0 Å². The molecule has 0 saturated carbocycles. The van der Waals surface area contributed by atoms with E-state index in [9.17, 15) is 9.59 Å². The van der Waals surface area contributed by atoms with Crippen LogP contribution in [-0.2, 0) is 4.74 Å². The lowest BCUT2D eigenvalue weighted by Gasteiger charge is -2.30. The van der Waals surface area contributed by atoms with Crippen LogP contribution in [0, 0.1) is 0 Å². The summed E-state index contributed by atoms with van der Waals surface area (Å²) in [4.78, 5) is 28.3. The molecular formula is C17H32N4O3. The van der Waals surface area contributed by atoms with Gasteiger partial charge in [-0.2, -0.15) is 0 Å². The summed E-state index contributed by atoms with van der Waals surface area (Å²) in [6.07, 6.45) is 3.52. The van der Waals surface area contributed by atoms with E-state index in [-0.39, 0.29) is 24.2 Å². The molecule has 0 bridgehead atoms. The van der Waals surface area contributed by atoms with Crippen LogP contribution < -0.4 is 10.6 Å². The zero-order chi connectivity index (χ0) is 17.7. The minimum absolute atomic E-state index is 0.0167. The molecule has 0 aliphatic carbocycles. The number of nitrogens with one attached hydrogen (secondary N) is 2. The maximum absolute atomic E-state index is 12.2. The first-order valence-electron chi connectivity index (χ1n) is 8.97. The Morgan fingerprint density at radius 3 is 2.42 bits per heavy atom. The summed E-state index contributed by atoms with van der Waals surface area (Å²) in [7, 11) is 2.10. The average Bonchev–Trinajstić information content (AvgIpc) is 2.94. The van der Waals surface area contributed by atoms with Gasteiger partial charge in [-0.05, 0) is 66.6 Å². The Kier molecular flexibility index (Phi) is 6.32. The Labute approximate surface area is 145 Å². The van der Waals surface area contributed by atoms with E-state index < -0.39 is 5.60 Å². The molecule has 1 unspecified atom stereocenters. The van der Waals surface area contributed by atoms with Crippen LogP contribution >= 0.6 is 0 Å². The Bertz CT molecular complexity index is 442. The van der Waals surface area contributed by atoms with Gasteiger partial charge in [-0.15, -0.1) is 0 Å². The Balaban J connectivity index is 1.74. The summed E-state index contributed by atoms with van der Waals surface area (Å²) in [6.45, 7) is 8.78. The van der Waals surface area contributed by atoms with Crippen LogP contribution in [0.2, 0.25) is 0 Å². The van der Waals surface area contributed by atoms with Crippen molar-refractivity contribution in [1.29, 1.82) is 0 Å². The van der Waals surface area contributed by atoms with Crippen molar-refractivity contribution in [3.05, 3.63) is 0 Å². The lowest BCUT2D eigenvalue weighted by atomic mass is 10.1. The highest BCUT2D eigenvalue weighted by molar-refractivity contribution is 5.74. The highest BCUT2D eigenvalue weighted by Crippen LogP contribution is 2.20. The van der Waals surface area contributed by atoms with Crippen molar-refractivity contribution in [1.82, 2.24) is 20.4 Å². The third-order valence-corrected chi connectivity index (χ3v) is 4.56. The van der Waals surface area contributed by atoms with Crippen molar-refractivity contribution in [2.75, 3.05) is 33.2 Å². The molecule has 2 aliphatic heterocycles. The second-order valence-electron chi connectivity index (χ2n) is 7.90. The summed E-state index contributed by atoms with van der Waals surface area (Å²) in [6, 6.07) is 0.121. The molecule has 0 aromatic carbocycles. The largest absolute Gasteiger partial charge is 0.444 e. The van der Waals surface area contributed by atoms with E-state index >= 15 is 0 Å². The number of likely N-dealkylation sites (tertiary alicyclic amines) is 2. The number of amides is 3. The third kappa shape index (κ3) is 5.85. The lowest BCUT2D eigenvalue weighted by Crippen LogP contribution is -2.50. The number of nitrogens with zero attached hydrogens (tertiary/aromatic N) is 2. The molecule has 24 heavy (non-hydrogen) atoms. The zero-order valence-corrected chi connectivity index (χ0v) is 15.4. The van der Waals surface area contributed by atoms with Gasteiger partial charge in [-0.1, -0.05) is 0 Å². The lowest BCUT2D eigenvalue weighted by molar-refractivity contribution is 0.0227. The van der Waals surface area contributed by atoms with E-state index in [2.05, 4.69) is 22.6 Å². The standard InChI is InChI=1S/C17H32N4O3/c1-17(2,3)24-16(23)21-9-5-6-14(21)12-18-15(22)19-13-7-10-20(4)11-8-13/h13-14H,5-12H2,1-4H3,(H2,18,19,22). The number of carbonyl (C=O) groups is 2.